The van der Waals surface area contributed by atoms with Crippen LogP contribution in [0.2, 0.25) is 0 Å². The van der Waals surface area contributed by atoms with E-state index in [0.29, 0.717) is 11.6 Å². The van der Waals surface area contributed by atoms with Crippen LogP contribution in [0, 0.1) is 0 Å². The molecular weight excluding hydrogens is 272 g/mol. The summed E-state index contributed by atoms with van der Waals surface area (Å²) in [6, 6.07) is 8.98. The molecule has 0 saturated carbocycles. The van der Waals surface area contributed by atoms with E-state index in [1.165, 1.54) is 31.5 Å². The van der Waals surface area contributed by atoms with Gasteiger partial charge in [-0.25, -0.2) is 0 Å². The molecule has 1 saturated heterocycles. The number of hydrogen-bond donors (Lipinski definition) is 1. The highest BCUT2D eigenvalue weighted by atomic mass is 16.5. The van der Waals surface area contributed by atoms with Gasteiger partial charge in [0.15, 0.2) is 0 Å². The van der Waals surface area contributed by atoms with E-state index >= 15 is 0 Å². The first kappa shape index (κ1) is 17.3. The number of rotatable bonds is 5. The molecule has 0 radical (unpaired) electrons. The first-order valence-electron chi connectivity index (χ1n) is 8.59. The smallest absolute Gasteiger partial charge is 0.124 e. The van der Waals surface area contributed by atoms with E-state index in [2.05, 4.69) is 63.0 Å². The van der Waals surface area contributed by atoms with E-state index in [9.17, 15) is 0 Å². The molecule has 0 amide bonds. The number of benzene rings is 1. The Labute approximate surface area is 136 Å². The van der Waals surface area contributed by atoms with Crippen molar-refractivity contribution in [3.8, 4) is 5.75 Å². The lowest BCUT2D eigenvalue weighted by atomic mass is 9.98. The molecule has 0 atom stereocenters. The van der Waals surface area contributed by atoms with Gasteiger partial charge in [0.05, 0.1) is 6.10 Å². The highest BCUT2D eigenvalue weighted by molar-refractivity contribution is 5.33. The third kappa shape index (κ3) is 4.99. The zero-order valence-corrected chi connectivity index (χ0v) is 14.9. The van der Waals surface area contributed by atoms with Crippen LogP contribution in [0.4, 0.5) is 0 Å². The van der Waals surface area contributed by atoms with Crippen molar-refractivity contribution < 1.29 is 4.74 Å². The third-order valence-electron chi connectivity index (χ3n) is 4.36. The van der Waals surface area contributed by atoms with Crippen molar-refractivity contribution >= 4 is 0 Å². The molecule has 0 spiro atoms. The number of para-hydroxylation sites is 1. The summed E-state index contributed by atoms with van der Waals surface area (Å²) in [6.45, 7) is 14.3. The largest absolute Gasteiger partial charge is 0.491 e. The van der Waals surface area contributed by atoms with Crippen molar-refractivity contribution in [3.05, 3.63) is 29.8 Å². The second-order valence-corrected chi connectivity index (χ2v) is 7.59. The van der Waals surface area contributed by atoms with Gasteiger partial charge in [-0.1, -0.05) is 18.2 Å². The third-order valence-corrected chi connectivity index (χ3v) is 4.36. The van der Waals surface area contributed by atoms with Crippen molar-refractivity contribution in [1.29, 1.82) is 0 Å². The number of piperidine rings is 1. The molecule has 1 aromatic carbocycles. The van der Waals surface area contributed by atoms with E-state index < -0.39 is 0 Å². The zero-order valence-electron chi connectivity index (χ0n) is 14.9. The molecule has 124 valence electrons. The topological polar surface area (TPSA) is 24.5 Å². The Morgan fingerprint density at radius 2 is 1.82 bits per heavy atom. The van der Waals surface area contributed by atoms with Gasteiger partial charge in [0.25, 0.3) is 0 Å². The molecule has 22 heavy (non-hydrogen) atoms. The van der Waals surface area contributed by atoms with Gasteiger partial charge in [-0.2, -0.15) is 0 Å². The van der Waals surface area contributed by atoms with Crippen molar-refractivity contribution in [2.45, 2.75) is 71.7 Å². The Balaban J connectivity index is 1.85. The van der Waals surface area contributed by atoms with Gasteiger partial charge < -0.3 is 10.1 Å². The maximum absolute atomic E-state index is 5.90. The van der Waals surface area contributed by atoms with E-state index in [1.807, 2.05) is 6.07 Å². The van der Waals surface area contributed by atoms with Gasteiger partial charge in [-0.15, -0.1) is 0 Å². The van der Waals surface area contributed by atoms with E-state index in [0.717, 1.165) is 12.3 Å². The van der Waals surface area contributed by atoms with E-state index in [4.69, 9.17) is 4.74 Å². The number of nitrogens with zero attached hydrogens (tertiary/aromatic N) is 1. The lowest BCUT2D eigenvalue weighted by Crippen LogP contribution is -2.49. The second-order valence-electron chi connectivity index (χ2n) is 7.59. The molecule has 1 aromatic rings. The molecular formula is C19H32N2O. The molecule has 0 bridgehead atoms. The molecule has 0 aromatic heterocycles. The van der Waals surface area contributed by atoms with Crippen LogP contribution in [-0.4, -0.2) is 35.7 Å². The Kier molecular flexibility index (Phi) is 5.87. The van der Waals surface area contributed by atoms with Crippen LogP contribution < -0.4 is 10.1 Å². The maximum Gasteiger partial charge on any atom is 0.124 e. The molecule has 3 nitrogen and oxygen atoms in total. The van der Waals surface area contributed by atoms with Gasteiger partial charge in [0, 0.05) is 36.8 Å². The maximum atomic E-state index is 5.90. The summed E-state index contributed by atoms with van der Waals surface area (Å²) < 4.78 is 5.90. The summed E-state index contributed by atoms with van der Waals surface area (Å²) >= 11 is 0. The molecule has 1 aliphatic heterocycles. The quantitative estimate of drug-likeness (QED) is 0.895. The predicted molar refractivity (Wildman–Crippen MR) is 93.4 cm³/mol. The van der Waals surface area contributed by atoms with Gasteiger partial charge in [-0.05, 0) is 53.5 Å². The fourth-order valence-corrected chi connectivity index (χ4v) is 3.03. The van der Waals surface area contributed by atoms with Crippen LogP contribution in [-0.2, 0) is 6.54 Å². The first-order chi connectivity index (χ1) is 10.4. The predicted octanol–water partition coefficient (Wildman–Crippen LogP) is 3.83. The Morgan fingerprint density at radius 3 is 2.41 bits per heavy atom. The average Bonchev–Trinajstić information content (AvgIpc) is 2.45. The van der Waals surface area contributed by atoms with Crippen LogP contribution in [0.15, 0.2) is 24.3 Å². The summed E-state index contributed by atoms with van der Waals surface area (Å²) in [7, 11) is 0. The summed E-state index contributed by atoms with van der Waals surface area (Å²) in [5, 5.41) is 3.72. The lowest BCUT2D eigenvalue weighted by molar-refractivity contribution is 0.0959. The van der Waals surface area contributed by atoms with Crippen LogP contribution >= 0.6 is 0 Å². The summed E-state index contributed by atoms with van der Waals surface area (Å²) in [5.74, 6) is 1.01. The first-order valence-corrected chi connectivity index (χ1v) is 8.59. The summed E-state index contributed by atoms with van der Waals surface area (Å²) in [6.07, 6.45) is 2.67. The van der Waals surface area contributed by atoms with E-state index in [-0.39, 0.29) is 6.10 Å². The molecule has 2 rings (SSSR count). The minimum absolute atomic E-state index is 0.219. The van der Waals surface area contributed by atoms with Gasteiger partial charge in [0.2, 0.25) is 0 Å². The minimum Gasteiger partial charge on any atom is -0.491 e. The average molecular weight is 304 g/mol. The van der Waals surface area contributed by atoms with Crippen LogP contribution in [0.25, 0.3) is 0 Å². The van der Waals surface area contributed by atoms with Crippen molar-refractivity contribution in [1.82, 2.24) is 10.2 Å². The zero-order chi connectivity index (χ0) is 16.2. The number of likely N-dealkylation sites (tertiary alicyclic amines) is 1. The molecule has 3 heteroatoms. The molecule has 1 N–H and O–H groups in total. The lowest BCUT2D eigenvalue weighted by Gasteiger charge is -2.41. The normalized spacial score (nSPS) is 17.9. The number of nitrogens with one attached hydrogen (secondary N) is 1. The molecule has 0 aliphatic carbocycles. The van der Waals surface area contributed by atoms with Gasteiger partial charge in [-0.3, -0.25) is 4.90 Å². The summed E-state index contributed by atoms with van der Waals surface area (Å²) in [5.41, 5.74) is 1.55. The molecule has 0 unspecified atom stereocenters. The molecule has 1 fully saturated rings. The highest BCUT2D eigenvalue weighted by Crippen LogP contribution is 2.22. The fraction of sp³-hybridized carbons (Fsp3) is 0.684. The monoisotopic (exact) mass is 304 g/mol. The minimum atomic E-state index is 0.219. The van der Waals surface area contributed by atoms with Crippen LogP contribution in [0.3, 0.4) is 0 Å². The number of hydrogen-bond acceptors (Lipinski definition) is 3. The Hall–Kier alpha value is -1.06. The Bertz CT molecular complexity index is 457. The van der Waals surface area contributed by atoms with Gasteiger partial charge >= 0.3 is 0 Å². The van der Waals surface area contributed by atoms with Crippen LogP contribution in [0.5, 0.6) is 5.75 Å². The SMILES string of the molecule is CC(C)Oc1ccccc1CNC1CCN(C(C)(C)C)CC1. The van der Waals surface area contributed by atoms with Crippen molar-refractivity contribution in [2.24, 2.45) is 0 Å². The summed E-state index contributed by atoms with van der Waals surface area (Å²) in [4.78, 5) is 2.58. The van der Waals surface area contributed by atoms with Crippen molar-refractivity contribution in [3.63, 3.8) is 0 Å². The second kappa shape index (κ2) is 7.47. The van der Waals surface area contributed by atoms with E-state index in [1.54, 1.807) is 0 Å². The highest BCUT2D eigenvalue weighted by Gasteiger charge is 2.26. The van der Waals surface area contributed by atoms with Crippen LogP contribution in [0.1, 0.15) is 53.0 Å². The standard InChI is InChI=1S/C19H32N2O/c1-15(2)22-18-9-7-6-8-16(18)14-20-17-10-12-21(13-11-17)19(3,4)5/h6-9,15,17,20H,10-14H2,1-5H3. The van der Waals surface area contributed by atoms with Gasteiger partial charge in [0.1, 0.15) is 5.75 Å². The molecule has 1 aliphatic rings. The van der Waals surface area contributed by atoms with Crippen molar-refractivity contribution in [2.75, 3.05) is 13.1 Å². The molecule has 1 heterocycles. The fourth-order valence-electron chi connectivity index (χ4n) is 3.03. The number of ether oxygens (including phenoxy) is 1. The Morgan fingerprint density at radius 1 is 1.18 bits per heavy atom.